The summed E-state index contributed by atoms with van der Waals surface area (Å²) in [6.07, 6.45) is 0.849. The molecule has 144 valence electrons. The van der Waals surface area contributed by atoms with Crippen molar-refractivity contribution in [2.75, 3.05) is 12.3 Å². The molecule has 28 heavy (non-hydrogen) atoms. The first-order valence-electron chi connectivity index (χ1n) is 9.18. The molecule has 2 aliphatic rings. The summed E-state index contributed by atoms with van der Waals surface area (Å²) in [5, 5.41) is 4.92. The van der Waals surface area contributed by atoms with Gasteiger partial charge in [-0.1, -0.05) is 36.4 Å². The minimum atomic E-state index is -0.984. The van der Waals surface area contributed by atoms with Gasteiger partial charge in [0.2, 0.25) is 0 Å². The van der Waals surface area contributed by atoms with Gasteiger partial charge in [0.1, 0.15) is 5.54 Å². The predicted octanol–water partition coefficient (Wildman–Crippen LogP) is 2.58. The van der Waals surface area contributed by atoms with Gasteiger partial charge in [-0.2, -0.15) is 0 Å². The lowest BCUT2D eigenvalue weighted by atomic mass is 9.99. The zero-order valence-electron chi connectivity index (χ0n) is 15.5. The van der Waals surface area contributed by atoms with E-state index in [9.17, 15) is 14.4 Å². The molecule has 0 spiro atoms. The Hall–Kier alpha value is -2.80. The van der Waals surface area contributed by atoms with Crippen LogP contribution < -0.4 is 10.6 Å². The number of benzene rings is 2. The zero-order valence-corrected chi connectivity index (χ0v) is 16.3. The van der Waals surface area contributed by atoms with E-state index in [0.29, 0.717) is 24.4 Å². The third-order valence-corrected chi connectivity index (χ3v) is 6.56. The van der Waals surface area contributed by atoms with Crippen LogP contribution in [-0.4, -0.2) is 40.6 Å². The number of nitrogens with one attached hydrogen (secondary N) is 2. The predicted molar refractivity (Wildman–Crippen MR) is 107 cm³/mol. The van der Waals surface area contributed by atoms with Crippen LogP contribution in [0.4, 0.5) is 4.79 Å². The molecule has 0 radical (unpaired) electrons. The molecular formula is C21H21N3O3S. The lowest BCUT2D eigenvalue weighted by Crippen LogP contribution is -2.46. The van der Waals surface area contributed by atoms with E-state index in [1.54, 1.807) is 6.92 Å². The molecule has 0 aromatic heterocycles. The molecule has 0 aliphatic carbocycles. The Morgan fingerprint density at radius 2 is 1.82 bits per heavy atom. The van der Waals surface area contributed by atoms with E-state index < -0.39 is 11.6 Å². The molecule has 6 nitrogen and oxygen atoms in total. The number of carbonyl (C=O) groups is 3. The largest absolute Gasteiger partial charge is 0.334 e. The molecule has 2 heterocycles. The molecule has 2 N–H and O–H groups in total. The number of amides is 4. The summed E-state index contributed by atoms with van der Waals surface area (Å²) in [5.74, 6) is -0.0124. The first-order chi connectivity index (χ1) is 13.5. The van der Waals surface area contributed by atoms with Crippen LogP contribution in [-0.2, 0) is 17.8 Å². The van der Waals surface area contributed by atoms with E-state index in [2.05, 4.69) is 22.8 Å². The van der Waals surface area contributed by atoms with E-state index in [1.807, 2.05) is 41.3 Å². The Balaban J connectivity index is 1.51. The molecule has 1 fully saturated rings. The van der Waals surface area contributed by atoms with Crippen molar-refractivity contribution >= 4 is 29.6 Å². The van der Waals surface area contributed by atoms with E-state index in [0.717, 1.165) is 11.3 Å². The first-order valence-corrected chi connectivity index (χ1v) is 10.2. The fourth-order valence-electron chi connectivity index (χ4n) is 3.51. The summed E-state index contributed by atoms with van der Waals surface area (Å²) in [7, 11) is 0. The molecule has 2 aromatic carbocycles. The maximum absolute atomic E-state index is 13.2. The van der Waals surface area contributed by atoms with Crippen molar-refractivity contribution in [2.24, 2.45) is 0 Å². The monoisotopic (exact) mass is 395 g/mol. The molecule has 1 atom stereocenters. The third kappa shape index (κ3) is 3.49. The first kappa shape index (κ1) is 18.6. The van der Waals surface area contributed by atoms with Gasteiger partial charge in [0.05, 0.1) is 5.56 Å². The molecule has 4 amide bonds. The summed E-state index contributed by atoms with van der Waals surface area (Å²) in [4.78, 5) is 39.3. The van der Waals surface area contributed by atoms with Crippen molar-refractivity contribution in [3.63, 3.8) is 0 Å². The minimum Gasteiger partial charge on any atom is -0.334 e. The topological polar surface area (TPSA) is 78.5 Å². The van der Waals surface area contributed by atoms with Crippen molar-refractivity contribution in [3.8, 4) is 0 Å². The van der Waals surface area contributed by atoms with Crippen molar-refractivity contribution < 1.29 is 14.4 Å². The van der Waals surface area contributed by atoms with Gasteiger partial charge in [-0.05, 0) is 36.6 Å². The average Bonchev–Trinajstić information content (AvgIpc) is 2.97. The van der Waals surface area contributed by atoms with Crippen LogP contribution in [0.5, 0.6) is 0 Å². The van der Waals surface area contributed by atoms with E-state index >= 15 is 0 Å². The molecule has 2 aromatic rings. The maximum Gasteiger partial charge on any atom is 0.322 e. The Kier molecular flexibility index (Phi) is 4.85. The highest BCUT2D eigenvalue weighted by Gasteiger charge is 2.42. The van der Waals surface area contributed by atoms with Crippen LogP contribution in [0.3, 0.4) is 0 Å². The number of rotatable bonds is 4. The van der Waals surface area contributed by atoms with Gasteiger partial charge in [0.25, 0.3) is 11.8 Å². The Morgan fingerprint density at radius 3 is 2.57 bits per heavy atom. The second kappa shape index (κ2) is 7.31. The standard InChI is InChI=1S/C21H21N3O3S/c1-21(19(26)22-20(27)23-21)13-28-17-9-5-4-8-16(17)18(25)24-11-10-14-6-2-3-7-15(14)12-24/h2-9H,10-13H2,1H3,(H2,22,23,26,27)/t21-/m0/s1. The zero-order chi connectivity index (χ0) is 19.7. The maximum atomic E-state index is 13.2. The molecule has 0 saturated carbocycles. The van der Waals surface area contributed by atoms with Crippen molar-refractivity contribution in [3.05, 3.63) is 65.2 Å². The molecule has 2 aliphatic heterocycles. The highest BCUT2D eigenvalue weighted by atomic mass is 32.2. The van der Waals surface area contributed by atoms with Crippen LogP contribution in [0.2, 0.25) is 0 Å². The van der Waals surface area contributed by atoms with Crippen LogP contribution >= 0.6 is 11.8 Å². The normalized spacial score (nSPS) is 21.1. The fourth-order valence-corrected chi connectivity index (χ4v) is 4.65. The molecule has 7 heteroatoms. The summed E-state index contributed by atoms with van der Waals surface area (Å²) in [6.45, 7) is 2.97. The van der Waals surface area contributed by atoms with Gasteiger partial charge in [0, 0.05) is 23.7 Å². The van der Waals surface area contributed by atoms with Gasteiger partial charge >= 0.3 is 6.03 Å². The highest BCUT2D eigenvalue weighted by molar-refractivity contribution is 7.99. The average molecular weight is 395 g/mol. The smallest absolute Gasteiger partial charge is 0.322 e. The number of hydrogen-bond acceptors (Lipinski definition) is 4. The number of carbonyl (C=O) groups excluding carboxylic acids is 3. The van der Waals surface area contributed by atoms with Gasteiger partial charge in [0.15, 0.2) is 0 Å². The summed E-state index contributed by atoms with van der Waals surface area (Å²) in [5.41, 5.74) is 2.12. The number of thioether (sulfide) groups is 1. The Bertz CT molecular complexity index is 961. The fraction of sp³-hybridized carbons (Fsp3) is 0.286. The van der Waals surface area contributed by atoms with Gasteiger partial charge < -0.3 is 10.2 Å². The number of urea groups is 1. The summed E-state index contributed by atoms with van der Waals surface area (Å²) in [6, 6.07) is 15.2. The van der Waals surface area contributed by atoms with E-state index in [-0.39, 0.29) is 11.8 Å². The summed E-state index contributed by atoms with van der Waals surface area (Å²) < 4.78 is 0. The van der Waals surface area contributed by atoms with Crippen LogP contribution in [0, 0.1) is 0 Å². The van der Waals surface area contributed by atoms with Crippen LogP contribution in [0.15, 0.2) is 53.4 Å². The number of nitrogens with zero attached hydrogens (tertiary/aromatic N) is 1. The minimum absolute atomic E-state index is 0.0114. The number of imide groups is 1. The van der Waals surface area contributed by atoms with Gasteiger partial charge in [-0.3, -0.25) is 14.9 Å². The summed E-state index contributed by atoms with van der Waals surface area (Å²) >= 11 is 1.40. The van der Waals surface area contributed by atoms with Crippen molar-refractivity contribution in [1.82, 2.24) is 15.5 Å². The lowest BCUT2D eigenvalue weighted by Gasteiger charge is -2.29. The molecular weight excluding hydrogens is 374 g/mol. The Labute approximate surface area is 167 Å². The molecule has 1 saturated heterocycles. The van der Waals surface area contributed by atoms with Crippen LogP contribution in [0.25, 0.3) is 0 Å². The molecule has 0 bridgehead atoms. The van der Waals surface area contributed by atoms with Crippen LogP contribution in [0.1, 0.15) is 28.4 Å². The quantitative estimate of drug-likeness (QED) is 0.616. The molecule has 4 rings (SSSR count). The van der Waals surface area contributed by atoms with Crippen molar-refractivity contribution in [1.29, 1.82) is 0 Å². The third-order valence-electron chi connectivity index (χ3n) is 5.17. The number of hydrogen-bond donors (Lipinski definition) is 2. The lowest BCUT2D eigenvalue weighted by molar-refractivity contribution is -0.122. The highest BCUT2D eigenvalue weighted by Crippen LogP contribution is 2.29. The second-order valence-corrected chi connectivity index (χ2v) is 8.29. The Morgan fingerprint density at radius 1 is 1.11 bits per heavy atom. The van der Waals surface area contributed by atoms with Gasteiger partial charge in [-0.15, -0.1) is 11.8 Å². The molecule has 0 unspecified atom stereocenters. The second-order valence-electron chi connectivity index (χ2n) is 7.27. The SMILES string of the molecule is C[C@@]1(CSc2ccccc2C(=O)N2CCc3ccccc3C2)NC(=O)NC1=O. The van der Waals surface area contributed by atoms with Crippen molar-refractivity contribution in [2.45, 2.75) is 30.3 Å². The van der Waals surface area contributed by atoms with Gasteiger partial charge in [-0.25, -0.2) is 4.79 Å². The van der Waals surface area contributed by atoms with E-state index in [1.165, 1.54) is 22.9 Å². The van der Waals surface area contributed by atoms with E-state index in [4.69, 9.17) is 0 Å². The number of fused-ring (bicyclic) bond motifs is 1.